The molecule has 1 aliphatic heterocycles. The highest BCUT2D eigenvalue weighted by Crippen LogP contribution is 2.17. The van der Waals surface area contributed by atoms with Crippen molar-refractivity contribution in [1.29, 1.82) is 0 Å². The Hall–Kier alpha value is -1.30. The summed E-state index contributed by atoms with van der Waals surface area (Å²) in [5, 5.41) is 2.77. The molecule has 1 N–H and O–H groups in total. The van der Waals surface area contributed by atoms with Crippen LogP contribution in [0.2, 0.25) is 0 Å². The van der Waals surface area contributed by atoms with Crippen LogP contribution in [0.1, 0.15) is 72.6 Å². The van der Waals surface area contributed by atoms with E-state index in [0.29, 0.717) is 26.1 Å². The van der Waals surface area contributed by atoms with Crippen molar-refractivity contribution in [1.82, 2.24) is 15.1 Å². The van der Waals surface area contributed by atoms with E-state index in [-0.39, 0.29) is 35.6 Å². The van der Waals surface area contributed by atoms with Gasteiger partial charge in [-0.1, -0.05) is 52.9 Å². The highest BCUT2D eigenvalue weighted by molar-refractivity contribution is 6.27. The Morgan fingerprint density at radius 1 is 1.11 bits per heavy atom. The molecule has 0 bridgehead atoms. The minimum absolute atomic E-state index is 0.0119. The number of rotatable bonds is 11. The Bertz CT molecular complexity index is 515. The lowest BCUT2D eigenvalue weighted by atomic mass is 9.97. The van der Waals surface area contributed by atoms with Crippen molar-refractivity contribution < 1.29 is 14.4 Å². The Morgan fingerprint density at radius 3 is 2.36 bits per heavy atom. The van der Waals surface area contributed by atoms with Gasteiger partial charge in [-0.3, -0.25) is 14.4 Å². The van der Waals surface area contributed by atoms with Crippen LogP contribution >= 0.6 is 11.6 Å². The minimum atomic E-state index is -0.565. The molecule has 1 fully saturated rings. The molecule has 0 aromatic carbocycles. The highest BCUT2D eigenvalue weighted by Gasteiger charge is 2.34. The molecule has 1 aliphatic rings. The molecule has 1 rings (SSSR count). The maximum Gasteiger partial charge on any atom is 0.245 e. The number of alkyl halides is 1. The molecule has 6 nitrogen and oxygen atoms in total. The molecule has 0 aromatic rings. The van der Waals surface area contributed by atoms with Crippen LogP contribution in [0.3, 0.4) is 0 Å². The lowest BCUT2D eigenvalue weighted by Crippen LogP contribution is -2.60. The molecule has 3 amide bonds. The van der Waals surface area contributed by atoms with Crippen LogP contribution in [-0.2, 0) is 14.4 Å². The molecule has 0 aliphatic carbocycles. The van der Waals surface area contributed by atoms with E-state index in [2.05, 4.69) is 12.2 Å². The number of unbranched alkanes of at least 4 members (excludes halogenated alkanes) is 4. The van der Waals surface area contributed by atoms with Crippen LogP contribution in [0.4, 0.5) is 0 Å². The van der Waals surface area contributed by atoms with Gasteiger partial charge in [0.05, 0.1) is 0 Å². The summed E-state index contributed by atoms with van der Waals surface area (Å²) in [5.74, 6) is -0.351. The summed E-state index contributed by atoms with van der Waals surface area (Å²) < 4.78 is 0. The Balaban J connectivity index is 2.59. The molecule has 0 spiro atoms. The predicted octanol–water partition coefficient (Wildman–Crippen LogP) is 3.18. The van der Waals surface area contributed by atoms with Crippen molar-refractivity contribution in [3.05, 3.63) is 0 Å². The third-order valence-corrected chi connectivity index (χ3v) is 5.91. The number of nitrogens with one attached hydrogen (secondary N) is 1. The monoisotopic (exact) mass is 415 g/mol. The van der Waals surface area contributed by atoms with Crippen molar-refractivity contribution in [3.63, 3.8) is 0 Å². The third-order valence-electron chi connectivity index (χ3n) is 5.67. The normalized spacial score (nSPS) is 19.2. The second kappa shape index (κ2) is 13.0. The number of hydrogen-bond acceptors (Lipinski definition) is 3. The van der Waals surface area contributed by atoms with E-state index in [4.69, 9.17) is 11.6 Å². The molecule has 0 radical (unpaired) electrons. The zero-order valence-corrected chi connectivity index (χ0v) is 18.8. The molecular weight excluding hydrogens is 378 g/mol. The zero-order chi connectivity index (χ0) is 21.1. The summed E-state index contributed by atoms with van der Waals surface area (Å²) in [4.78, 5) is 41.0. The molecule has 0 aromatic heterocycles. The van der Waals surface area contributed by atoms with Crippen molar-refractivity contribution in [2.45, 2.75) is 84.7 Å². The van der Waals surface area contributed by atoms with E-state index < -0.39 is 6.04 Å². The summed E-state index contributed by atoms with van der Waals surface area (Å²) in [6.07, 6.45) is 7.02. The Kier molecular flexibility index (Phi) is 11.5. The van der Waals surface area contributed by atoms with Gasteiger partial charge < -0.3 is 15.1 Å². The van der Waals surface area contributed by atoms with Gasteiger partial charge >= 0.3 is 0 Å². The van der Waals surface area contributed by atoms with Crippen molar-refractivity contribution >= 4 is 29.3 Å². The number of nitrogens with zero attached hydrogens (tertiary/aromatic N) is 2. The number of piperazine rings is 1. The molecule has 7 heteroatoms. The first-order valence-corrected chi connectivity index (χ1v) is 11.3. The average Bonchev–Trinajstić information content (AvgIpc) is 2.70. The van der Waals surface area contributed by atoms with Gasteiger partial charge in [-0.05, 0) is 19.3 Å². The van der Waals surface area contributed by atoms with Crippen LogP contribution in [0, 0.1) is 5.92 Å². The molecule has 1 saturated heterocycles. The standard InChI is InChI=1S/C21H38ClN3O3/c1-5-7-8-9-10-11-19(27)25-13-12-24(15-17(25)4)21(28)20(16(3)6-2)23-18(26)14-22/h16-17,20H,5-15H2,1-4H3,(H,23,26). The number of hydrogen-bond donors (Lipinski definition) is 1. The molecule has 3 unspecified atom stereocenters. The lowest BCUT2D eigenvalue weighted by Gasteiger charge is -2.41. The summed E-state index contributed by atoms with van der Waals surface area (Å²) in [5.41, 5.74) is 0. The quantitative estimate of drug-likeness (QED) is 0.416. The van der Waals surface area contributed by atoms with Gasteiger partial charge in [0.15, 0.2) is 0 Å². The van der Waals surface area contributed by atoms with Crippen molar-refractivity contribution in [2.75, 3.05) is 25.5 Å². The fraction of sp³-hybridized carbons (Fsp3) is 0.857. The van der Waals surface area contributed by atoms with Gasteiger partial charge in [0.2, 0.25) is 17.7 Å². The van der Waals surface area contributed by atoms with Crippen LogP contribution in [0.15, 0.2) is 0 Å². The predicted molar refractivity (Wildman–Crippen MR) is 113 cm³/mol. The van der Waals surface area contributed by atoms with Gasteiger partial charge in [-0.25, -0.2) is 0 Å². The van der Waals surface area contributed by atoms with Gasteiger partial charge in [0.25, 0.3) is 0 Å². The van der Waals surface area contributed by atoms with E-state index in [9.17, 15) is 14.4 Å². The van der Waals surface area contributed by atoms with Crippen LogP contribution < -0.4 is 5.32 Å². The van der Waals surface area contributed by atoms with E-state index in [1.807, 2.05) is 25.7 Å². The van der Waals surface area contributed by atoms with Gasteiger partial charge in [0.1, 0.15) is 11.9 Å². The molecule has 0 saturated carbocycles. The van der Waals surface area contributed by atoms with Gasteiger partial charge in [-0.15, -0.1) is 11.6 Å². The Labute approximate surface area is 175 Å². The summed E-state index contributed by atoms with van der Waals surface area (Å²) in [6.45, 7) is 9.69. The molecule has 3 atom stereocenters. The Morgan fingerprint density at radius 2 is 1.79 bits per heavy atom. The third kappa shape index (κ3) is 7.61. The van der Waals surface area contributed by atoms with Crippen LogP contribution in [0.25, 0.3) is 0 Å². The lowest BCUT2D eigenvalue weighted by molar-refractivity contribution is -0.145. The summed E-state index contributed by atoms with van der Waals surface area (Å²) in [7, 11) is 0. The maximum atomic E-state index is 13.0. The maximum absolute atomic E-state index is 13.0. The SMILES string of the molecule is CCCCCCCC(=O)N1CCN(C(=O)C(NC(=O)CCl)C(C)CC)CC1C. The first-order chi connectivity index (χ1) is 13.3. The molecular formula is C21H38ClN3O3. The number of carbonyl (C=O) groups excluding carboxylic acids is 3. The second-order valence-electron chi connectivity index (χ2n) is 7.95. The van der Waals surface area contributed by atoms with Crippen molar-refractivity contribution in [3.8, 4) is 0 Å². The largest absolute Gasteiger partial charge is 0.343 e. The number of halogens is 1. The van der Waals surface area contributed by atoms with E-state index >= 15 is 0 Å². The second-order valence-corrected chi connectivity index (χ2v) is 8.22. The minimum Gasteiger partial charge on any atom is -0.343 e. The van der Waals surface area contributed by atoms with E-state index in [1.54, 1.807) is 4.90 Å². The first-order valence-electron chi connectivity index (χ1n) is 10.8. The first kappa shape index (κ1) is 24.7. The van der Waals surface area contributed by atoms with Gasteiger partial charge in [-0.2, -0.15) is 0 Å². The smallest absolute Gasteiger partial charge is 0.245 e. The molecule has 162 valence electrons. The fourth-order valence-corrected chi connectivity index (χ4v) is 3.72. The topological polar surface area (TPSA) is 69.7 Å². The highest BCUT2D eigenvalue weighted by atomic mass is 35.5. The van der Waals surface area contributed by atoms with Crippen LogP contribution in [0.5, 0.6) is 0 Å². The summed E-state index contributed by atoms with van der Waals surface area (Å²) in [6, 6.07) is -0.577. The van der Waals surface area contributed by atoms with Crippen molar-refractivity contribution in [2.24, 2.45) is 5.92 Å². The fourth-order valence-electron chi connectivity index (χ4n) is 3.64. The zero-order valence-electron chi connectivity index (χ0n) is 18.0. The van der Waals surface area contributed by atoms with Gasteiger partial charge in [0, 0.05) is 32.1 Å². The molecule has 1 heterocycles. The van der Waals surface area contributed by atoms with E-state index in [1.165, 1.54) is 19.3 Å². The van der Waals surface area contributed by atoms with E-state index in [0.717, 1.165) is 19.3 Å². The average molecular weight is 416 g/mol. The van der Waals surface area contributed by atoms with Crippen LogP contribution in [-0.4, -0.2) is 65.1 Å². The number of amides is 3. The molecule has 28 heavy (non-hydrogen) atoms. The summed E-state index contributed by atoms with van der Waals surface area (Å²) >= 11 is 5.60. The number of carbonyl (C=O) groups is 3.